The second-order valence-corrected chi connectivity index (χ2v) is 6.06. The van der Waals surface area contributed by atoms with Gasteiger partial charge >= 0.3 is 6.03 Å². The molecule has 1 rings (SSSR count). The molecular formula is C7H8Cl3N3O2S. The summed E-state index contributed by atoms with van der Waals surface area (Å²) in [5, 5.41) is 14.0. The SMILES string of the molecule is CN(C(=O)Nc1nccs1)C(O)C(Cl)(Cl)Cl. The lowest BCUT2D eigenvalue weighted by molar-refractivity contribution is 0.0547. The van der Waals surface area contributed by atoms with Gasteiger partial charge in [0.25, 0.3) is 0 Å². The highest BCUT2D eigenvalue weighted by molar-refractivity contribution is 7.13. The third-order valence-electron chi connectivity index (χ3n) is 1.63. The van der Waals surface area contributed by atoms with Gasteiger partial charge in [-0.05, 0) is 0 Å². The molecule has 0 aliphatic carbocycles. The monoisotopic (exact) mass is 303 g/mol. The Balaban J connectivity index is 2.61. The molecule has 90 valence electrons. The normalized spacial score (nSPS) is 13.3. The van der Waals surface area contributed by atoms with E-state index in [0.29, 0.717) is 5.13 Å². The molecule has 2 N–H and O–H groups in total. The zero-order chi connectivity index (χ0) is 12.3. The standard InChI is InChI=1S/C7H8Cl3N3O2S/c1-13(4(14)7(8,9)10)6(15)12-5-11-2-3-16-5/h2-4,14H,1H3,(H,11,12,15). The molecule has 0 spiro atoms. The van der Waals surface area contributed by atoms with Gasteiger partial charge in [-0.2, -0.15) is 0 Å². The molecular weight excluding hydrogens is 297 g/mol. The number of alkyl halides is 3. The second-order valence-electron chi connectivity index (χ2n) is 2.79. The Bertz CT molecular complexity index is 354. The zero-order valence-corrected chi connectivity index (χ0v) is 11.1. The van der Waals surface area contributed by atoms with E-state index >= 15 is 0 Å². The number of hydrogen-bond donors (Lipinski definition) is 2. The molecule has 1 aromatic rings. The second kappa shape index (κ2) is 5.37. The lowest BCUT2D eigenvalue weighted by atomic mass is 10.5. The molecule has 0 fully saturated rings. The Morgan fingerprint density at radius 3 is 2.75 bits per heavy atom. The van der Waals surface area contributed by atoms with E-state index in [2.05, 4.69) is 10.3 Å². The van der Waals surface area contributed by atoms with E-state index in [9.17, 15) is 9.90 Å². The first kappa shape index (κ1) is 13.8. The first-order valence-electron chi connectivity index (χ1n) is 4.00. The number of thiazole rings is 1. The Kier molecular flexibility index (Phi) is 4.63. The van der Waals surface area contributed by atoms with Gasteiger partial charge in [-0.1, -0.05) is 34.8 Å². The Labute approximate surface area is 111 Å². The van der Waals surface area contributed by atoms with Crippen LogP contribution in [0.4, 0.5) is 9.93 Å². The summed E-state index contributed by atoms with van der Waals surface area (Å²) >= 11 is 17.6. The quantitative estimate of drug-likeness (QED) is 0.651. The van der Waals surface area contributed by atoms with Gasteiger partial charge in [-0.3, -0.25) is 10.2 Å². The molecule has 1 aromatic heterocycles. The summed E-state index contributed by atoms with van der Waals surface area (Å²) < 4.78 is -1.96. The average Bonchev–Trinajstić information content (AvgIpc) is 2.66. The predicted octanol–water partition coefficient (Wildman–Crippen LogP) is 2.30. The summed E-state index contributed by atoms with van der Waals surface area (Å²) in [7, 11) is 1.30. The molecule has 0 saturated carbocycles. The van der Waals surface area contributed by atoms with Crippen molar-refractivity contribution < 1.29 is 9.90 Å². The van der Waals surface area contributed by atoms with Crippen molar-refractivity contribution in [3.05, 3.63) is 11.6 Å². The number of nitrogens with zero attached hydrogens (tertiary/aromatic N) is 2. The van der Waals surface area contributed by atoms with Crippen LogP contribution in [0.5, 0.6) is 0 Å². The first-order chi connectivity index (χ1) is 7.32. The largest absolute Gasteiger partial charge is 0.369 e. The van der Waals surface area contributed by atoms with Crippen molar-refractivity contribution in [3.8, 4) is 0 Å². The molecule has 1 unspecified atom stereocenters. The first-order valence-corrected chi connectivity index (χ1v) is 6.02. The van der Waals surface area contributed by atoms with Crippen LogP contribution in [0.2, 0.25) is 0 Å². The van der Waals surface area contributed by atoms with Gasteiger partial charge in [-0.15, -0.1) is 11.3 Å². The third-order valence-corrected chi connectivity index (χ3v) is 2.90. The minimum absolute atomic E-state index is 0.397. The molecule has 5 nitrogen and oxygen atoms in total. The predicted molar refractivity (Wildman–Crippen MR) is 65.2 cm³/mol. The highest BCUT2D eigenvalue weighted by Gasteiger charge is 2.36. The number of carbonyl (C=O) groups is 1. The van der Waals surface area contributed by atoms with Crippen molar-refractivity contribution in [2.75, 3.05) is 12.4 Å². The number of amides is 2. The maximum absolute atomic E-state index is 11.5. The Hall–Kier alpha value is -0.270. The number of carbonyl (C=O) groups excluding carboxylic acids is 1. The van der Waals surface area contributed by atoms with E-state index in [1.807, 2.05) is 0 Å². The fourth-order valence-electron chi connectivity index (χ4n) is 0.795. The van der Waals surface area contributed by atoms with Gasteiger partial charge in [0.2, 0.25) is 3.79 Å². The van der Waals surface area contributed by atoms with Crippen LogP contribution in [0.3, 0.4) is 0 Å². The molecule has 2 amide bonds. The topological polar surface area (TPSA) is 65.5 Å². The average molecular weight is 305 g/mol. The Morgan fingerprint density at radius 2 is 2.31 bits per heavy atom. The highest BCUT2D eigenvalue weighted by atomic mass is 35.6. The van der Waals surface area contributed by atoms with E-state index in [4.69, 9.17) is 34.8 Å². The molecule has 16 heavy (non-hydrogen) atoms. The lowest BCUT2D eigenvalue weighted by Crippen LogP contribution is -2.46. The Morgan fingerprint density at radius 1 is 1.69 bits per heavy atom. The number of aliphatic hydroxyl groups excluding tert-OH is 1. The number of anilines is 1. The summed E-state index contributed by atoms with van der Waals surface area (Å²) in [5.74, 6) is 0. The number of urea groups is 1. The summed E-state index contributed by atoms with van der Waals surface area (Å²) in [6.45, 7) is 0. The van der Waals surface area contributed by atoms with Crippen molar-refractivity contribution in [2.45, 2.75) is 10.0 Å². The van der Waals surface area contributed by atoms with Gasteiger partial charge in [0.05, 0.1) is 0 Å². The van der Waals surface area contributed by atoms with Crippen molar-refractivity contribution in [1.29, 1.82) is 0 Å². The summed E-state index contributed by atoms with van der Waals surface area (Å²) in [4.78, 5) is 16.3. The van der Waals surface area contributed by atoms with Crippen LogP contribution in [0.1, 0.15) is 0 Å². The van der Waals surface area contributed by atoms with Crippen LogP contribution >= 0.6 is 46.1 Å². The van der Waals surface area contributed by atoms with Crippen molar-refractivity contribution >= 4 is 57.3 Å². The smallest absolute Gasteiger partial charge is 0.325 e. The molecule has 0 saturated heterocycles. The van der Waals surface area contributed by atoms with Gasteiger partial charge in [0.15, 0.2) is 11.4 Å². The van der Waals surface area contributed by atoms with Gasteiger partial charge in [-0.25, -0.2) is 9.78 Å². The van der Waals surface area contributed by atoms with E-state index < -0.39 is 16.1 Å². The molecule has 0 aromatic carbocycles. The molecule has 9 heteroatoms. The van der Waals surface area contributed by atoms with Crippen LogP contribution < -0.4 is 5.32 Å². The number of halogens is 3. The summed E-state index contributed by atoms with van der Waals surface area (Å²) in [5.41, 5.74) is 0. The van der Waals surface area contributed by atoms with Crippen molar-refractivity contribution in [1.82, 2.24) is 9.88 Å². The van der Waals surface area contributed by atoms with Crippen LogP contribution in [0.15, 0.2) is 11.6 Å². The number of rotatable bonds is 2. The molecule has 0 radical (unpaired) electrons. The van der Waals surface area contributed by atoms with E-state index in [0.717, 1.165) is 4.90 Å². The van der Waals surface area contributed by atoms with E-state index in [1.165, 1.54) is 24.6 Å². The zero-order valence-electron chi connectivity index (χ0n) is 8.02. The van der Waals surface area contributed by atoms with Gasteiger partial charge in [0, 0.05) is 18.6 Å². The van der Waals surface area contributed by atoms with Crippen LogP contribution in [-0.4, -0.2) is 38.1 Å². The van der Waals surface area contributed by atoms with Gasteiger partial charge < -0.3 is 5.11 Å². The van der Waals surface area contributed by atoms with Gasteiger partial charge in [0.1, 0.15) is 0 Å². The number of hydrogen-bond acceptors (Lipinski definition) is 4. The lowest BCUT2D eigenvalue weighted by Gasteiger charge is -2.28. The van der Waals surface area contributed by atoms with Crippen LogP contribution in [0.25, 0.3) is 0 Å². The molecule has 0 aliphatic heterocycles. The summed E-state index contributed by atoms with van der Waals surface area (Å²) in [6.07, 6.45) is -0.0106. The van der Waals surface area contributed by atoms with E-state index in [1.54, 1.807) is 5.38 Å². The van der Waals surface area contributed by atoms with Crippen LogP contribution in [0, 0.1) is 0 Å². The number of aromatic nitrogens is 1. The third kappa shape index (κ3) is 3.64. The molecule has 0 bridgehead atoms. The summed E-state index contributed by atoms with van der Waals surface area (Å²) in [6, 6.07) is -0.617. The minimum Gasteiger partial charge on any atom is -0.369 e. The minimum atomic E-state index is -1.96. The fourth-order valence-corrected chi connectivity index (χ4v) is 1.75. The van der Waals surface area contributed by atoms with Crippen LogP contribution in [-0.2, 0) is 0 Å². The maximum atomic E-state index is 11.5. The van der Waals surface area contributed by atoms with Crippen molar-refractivity contribution in [3.63, 3.8) is 0 Å². The van der Waals surface area contributed by atoms with Crippen molar-refractivity contribution in [2.24, 2.45) is 0 Å². The fraction of sp³-hybridized carbons (Fsp3) is 0.429. The molecule has 1 atom stereocenters. The highest BCUT2D eigenvalue weighted by Crippen LogP contribution is 2.31. The molecule has 0 aliphatic rings. The number of aliphatic hydroxyl groups is 1. The van der Waals surface area contributed by atoms with E-state index in [-0.39, 0.29) is 0 Å². The number of nitrogens with one attached hydrogen (secondary N) is 1. The molecule has 1 heterocycles. The maximum Gasteiger partial charge on any atom is 0.325 e.